The Kier molecular flexibility index (Phi) is 8.19. The van der Waals surface area contributed by atoms with E-state index in [1.165, 1.54) is 18.5 Å². The van der Waals surface area contributed by atoms with Crippen LogP contribution in [0.25, 0.3) is 10.9 Å². The summed E-state index contributed by atoms with van der Waals surface area (Å²) < 4.78 is 21.1. The zero-order chi connectivity index (χ0) is 28.3. The van der Waals surface area contributed by atoms with Crippen LogP contribution in [0.5, 0.6) is 11.5 Å². The first kappa shape index (κ1) is 28.3. The van der Waals surface area contributed by atoms with Gasteiger partial charge in [0.1, 0.15) is 17.3 Å². The standard InChI is InChI=1S/C29H34FN5O3/c1-17-11-18(12-26(36)35-20(15-31)16-34-28(2,3)4)22(30)14-25(17)38-24-9-10-33-23-8-7-19(13-21(23)24)29(5,6)27(32)37/h7-11,13-16H,12,31H2,1-6H3,(H2,32,37)(H,35,36)/b20-15+,34-16?. The first-order valence-corrected chi connectivity index (χ1v) is 12.1. The Morgan fingerprint density at radius 1 is 1.11 bits per heavy atom. The van der Waals surface area contributed by atoms with Gasteiger partial charge >= 0.3 is 0 Å². The number of ether oxygens (including phenoxy) is 1. The summed E-state index contributed by atoms with van der Waals surface area (Å²) in [5.41, 5.74) is 12.5. The maximum atomic E-state index is 15.1. The summed E-state index contributed by atoms with van der Waals surface area (Å²) in [4.78, 5) is 33.2. The molecule has 0 radical (unpaired) electrons. The fraction of sp³-hybridized carbons (Fsp3) is 0.310. The van der Waals surface area contributed by atoms with E-state index in [4.69, 9.17) is 16.2 Å². The number of hydrogen-bond acceptors (Lipinski definition) is 6. The second kappa shape index (κ2) is 11.0. The van der Waals surface area contributed by atoms with Crippen LogP contribution in [0.1, 0.15) is 51.3 Å². The van der Waals surface area contributed by atoms with Gasteiger partial charge in [0.05, 0.1) is 28.6 Å². The number of primary amides is 1. The lowest BCUT2D eigenvalue weighted by Gasteiger charge is -2.22. The van der Waals surface area contributed by atoms with Crippen LogP contribution in [-0.4, -0.2) is 28.6 Å². The number of halogens is 1. The Hall–Kier alpha value is -4.27. The minimum Gasteiger partial charge on any atom is -0.456 e. The third kappa shape index (κ3) is 6.73. The minimum absolute atomic E-state index is 0.197. The first-order valence-electron chi connectivity index (χ1n) is 12.1. The smallest absolute Gasteiger partial charge is 0.228 e. The molecular weight excluding hydrogens is 485 g/mol. The number of pyridine rings is 1. The number of aromatic nitrogens is 1. The fourth-order valence-corrected chi connectivity index (χ4v) is 3.59. The molecule has 0 bridgehead atoms. The summed E-state index contributed by atoms with van der Waals surface area (Å²) in [6.07, 6.45) is 4.11. The number of nitrogens with one attached hydrogen (secondary N) is 1. The zero-order valence-electron chi connectivity index (χ0n) is 22.6. The summed E-state index contributed by atoms with van der Waals surface area (Å²) in [5, 5.41) is 3.30. The van der Waals surface area contributed by atoms with Gasteiger partial charge in [-0.15, -0.1) is 0 Å². The molecule has 3 rings (SSSR count). The number of carbonyl (C=O) groups is 2. The molecule has 38 heavy (non-hydrogen) atoms. The van der Waals surface area contributed by atoms with E-state index in [2.05, 4.69) is 15.3 Å². The number of benzene rings is 2. The van der Waals surface area contributed by atoms with Gasteiger partial charge in [-0.25, -0.2) is 4.39 Å². The molecule has 8 nitrogen and oxygen atoms in total. The van der Waals surface area contributed by atoms with Crippen molar-refractivity contribution in [2.24, 2.45) is 16.5 Å². The predicted molar refractivity (Wildman–Crippen MR) is 148 cm³/mol. The lowest BCUT2D eigenvalue weighted by Crippen LogP contribution is -2.35. The van der Waals surface area contributed by atoms with E-state index >= 15 is 4.39 Å². The SMILES string of the molecule is Cc1cc(CC(=O)N/C(C=NC(C)(C)C)=C/N)c(F)cc1Oc1ccnc2ccc(C(C)(C)C(N)=O)cc12. The summed E-state index contributed by atoms with van der Waals surface area (Å²) in [5.74, 6) is -0.745. The van der Waals surface area contributed by atoms with Crippen molar-refractivity contribution in [2.45, 2.75) is 58.9 Å². The van der Waals surface area contributed by atoms with Crippen molar-refractivity contribution in [1.82, 2.24) is 10.3 Å². The Morgan fingerprint density at radius 3 is 2.45 bits per heavy atom. The lowest BCUT2D eigenvalue weighted by atomic mass is 9.83. The molecule has 0 aliphatic rings. The van der Waals surface area contributed by atoms with E-state index in [1.807, 2.05) is 20.8 Å². The van der Waals surface area contributed by atoms with Crippen LogP contribution in [0.4, 0.5) is 4.39 Å². The molecule has 1 heterocycles. The Bertz CT molecular complexity index is 1440. The Labute approximate surface area is 222 Å². The average Bonchev–Trinajstić information content (AvgIpc) is 2.84. The highest BCUT2D eigenvalue weighted by molar-refractivity contribution is 5.91. The Morgan fingerprint density at radius 2 is 1.82 bits per heavy atom. The molecule has 2 amide bonds. The normalized spacial score (nSPS) is 12.7. The number of nitrogens with two attached hydrogens (primary N) is 2. The van der Waals surface area contributed by atoms with Crippen molar-refractivity contribution < 1.29 is 18.7 Å². The molecule has 9 heteroatoms. The topological polar surface area (TPSA) is 133 Å². The predicted octanol–water partition coefficient (Wildman–Crippen LogP) is 4.57. The van der Waals surface area contributed by atoms with Gasteiger partial charge in [0.15, 0.2) is 0 Å². The van der Waals surface area contributed by atoms with Gasteiger partial charge < -0.3 is 21.5 Å². The maximum absolute atomic E-state index is 15.1. The van der Waals surface area contributed by atoms with Crippen LogP contribution in [0.2, 0.25) is 0 Å². The number of aliphatic imine (C=N–C) groups is 1. The highest BCUT2D eigenvalue weighted by Gasteiger charge is 2.28. The molecular formula is C29H34FN5O3. The molecule has 0 aliphatic carbocycles. The van der Waals surface area contributed by atoms with Gasteiger partial charge in [0.2, 0.25) is 11.8 Å². The van der Waals surface area contributed by atoms with Gasteiger partial charge in [-0.2, -0.15) is 0 Å². The van der Waals surface area contributed by atoms with Gasteiger partial charge in [-0.1, -0.05) is 6.07 Å². The van der Waals surface area contributed by atoms with E-state index in [1.54, 1.807) is 57.3 Å². The minimum atomic E-state index is -0.900. The third-order valence-electron chi connectivity index (χ3n) is 6.01. The van der Waals surface area contributed by atoms with Gasteiger partial charge in [-0.05, 0) is 82.5 Å². The number of carbonyl (C=O) groups excluding carboxylic acids is 2. The molecule has 3 aromatic rings. The molecule has 5 N–H and O–H groups in total. The monoisotopic (exact) mass is 519 g/mol. The lowest BCUT2D eigenvalue weighted by molar-refractivity contribution is -0.122. The molecule has 2 aromatic carbocycles. The van der Waals surface area contributed by atoms with E-state index < -0.39 is 23.0 Å². The molecule has 0 fully saturated rings. The summed E-state index contributed by atoms with van der Waals surface area (Å²) in [6.45, 7) is 11.0. The first-order chi connectivity index (χ1) is 17.7. The molecule has 0 saturated heterocycles. The number of nitrogens with zero attached hydrogens (tertiary/aromatic N) is 2. The molecule has 0 aliphatic heterocycles. The number of amides is 2. The third-order valence-corrected chi connectivity index (χ3v) is 6.01. The quantitative estimate of drug-likeness (QED) is 0.375. The van der Waals surface area contributed by atoms with Crippen molar-refractivity contribution >= 4 is 28.9 Å². The number of allylic oxidation sites excluding steroid dienone is 1. The van der Waals surface area contributed by atoms with Gasteiger partial charge in [-0.3, -0.25) is 19.6 Å². The average molecular weight is 520 g/mol. The maximum Gasteiger partial charge on any atom is 0.228 e. The van der Waals surface area contributed by atoms with E-state index in [-0.39, 0.29) is 17.5 Å². The van der Waals surface area contributed by atoms with Crippen molar-refractivity contribution in [3.63, 3.8) is 0 Å². The molecule has 1 aromatic heterocycles. The highest BCUT2D eigenvalue weighted by atomic mass is 19.1. The molecule has 0 spiro atoms. The molecule has 0 saturated carbocycles. The van der Waals surface area contributed by atoms with Gasteiger partial charge in [0, 0.05) is 30.1 Å². The van der Waals surface area contributed by atoms with Crippen LogP contribution in [0, 0.1) is 12.7 Å². The second-order valence-corrected chi connectivity index (χ2v) is 10.6. The summed E-state index contributed by atoms with van der Waals surface area (Å²) in [6, 6.07) is 9.88. The van der Waals surface area contributed by atoms with Crippen LogP contribution in [0.3, 0.4) is 0 Å². The van der Waals surface area contributed by atoms with E-state index in [0.29, 0.717) is 39.2 Å². The van der Waals surface area contributed by atoms with Crippen molar-refractivity contribution in [3.8, 4) is 11.5 Å². The number of aryl methyl sites for hydroxylation is 1. The van der Waals surface area contributed by atoms with E-state index in [9.17, 15) is 9.59 Å². The number of fused-ring (bicyclic) bond motifs is 1. The van der Waals surface area contributed by atoms with Crippen molar-refractivity contribution in [2.75, 3.05) is 0 Å². The number of rotatable bonds is 8. The van der Waals surface area contributed by atoms with Gasteiger partial charge in [0.25, 0.3) is 0 Å². The summed E-state index contributed by atoms with van der Waals surface area (Å²) in [7, 11) is 0. The number of hydrogen-bond donors (Lipinski definition) is 3. The van der Waals surface area contributed by atoms with Crippen LogP contribution in [-0.2, 0) is 21.4 Å². The highest BCUT2D eigenvalue weighted by Crippen LogP contribution is 2.34. The zero-order valence-corrected chi connectivity index (χ0v) is 22.6. The Balaban J connectivity index is 1.85. The molecule has 0 atom stereocenters. The largest absolute Gasteiger partial charge is 0.456 e. The van der Waals surface area contributed by atoms with E-state index in [0.717, 1.165) is 0 Å². The van der Waals surface area contributed by atoms with Crippen molar-refractivity contribution in [1.29, 1.82) is 0 Å². The van der Waals surface area contributed by atoms with Crippen LogP contribution >= 0.6 is 0 Å². The van der Waals surface area contributed by atoms with Crippen LogP contribution < -0.4 is 21.5 Å². The second-order valence-electron chi connectivity index (χ2n) is 10.6. The van der Waals surface area contributed by atoms with Crippen molar-refractivity contribution in [3.05, 3.63) is 77.0 Å². The van der Waals surface area contributed by atoms with Crippen LogP contribution in [0.15, 0.2) is 59.5 Å². The molecule has 200 valence electrons. The molecule has 0 unspecified atom stereocenters. The summed E-state index contributed by atoms with van der Waals surface area (Å²) >= 11 is 0. The fourth-order valence-electron chi connectivity index (χ4n) is 3.59.